The summed E-state index contributed by atoms with van der Waals surface area (Å²) in [5.41, 5.74) is 0. The molecular formula is C20H25Br2NO4S. The highest BCUT2D eigenvalue weighted by atomic mass is 79.9. The maximum Gasteiger partial charge on any atom is 0.303 e. The van der Waals surface area contributed by atoms with Gasteiger partial charge < -0.3 is 5.11 Å². The van der Waals surface area contributed by atoms with Crippen molar-refractivity contribution in [3.8, 4) is 0 Å². The van der Waals surface area contributed by atoms with Gasteiger partial charge in [0, 0.05) is 33.6 Å². The number of sulfonamides is 1. The van der Waals surface area contributed by atoms with Gasteiger partial charge in [-0.3, -0.25) is 4.79 Å². The quantitative estimate of drug-likeness (QED) is 0.267. The summed E-state index contributed by atoms with van der Waals surface area (Å²) in [5.74, 6) is 1.06. The summed E-state index contributed by atoms with van der Waals surface area (Å²) in [6.45, 7) is 0.448. The van der Waals surface area contributed by atoms with Crippen LogP contribution in [0.15, 0.2) is 45.8 Å². The summed E-state index contributed by atoms with van der Waals surface area (Å²) in [5, 5.41) is 8.74. The number of benzene rings is 1. The van der Waals surface area contributed by atoms with Gasteiger partial charge in [-0.05, 0) is 80.0 Å². The summed E-state index contributed by atoms with van der Waals surface area (Å²) in [7, 11) is -3.58. The molecule has 2 aliphatic rings. The molecule has 4 atom stereocenters. The molecule has 3 rings (SSSR count). The number of unbranched alkanes of at least 4 members (excludes halogenated alkanes) is 1. The van der Waals surface area contributed by atoms with E-state index in [1.54, 1.807) is 24.3 Å². The molecule has 0 aromatic heterocycles. The third kappa shape index (κ3) is 5.07. The predicted molar refractivity (Wildman–Crippen MR) is 115 cm³/mol. The first-order valence-electron chi connectivity index (χ1n) is 9.61. The van der Waals surface area contributed by atoms with Gasteiger partial charge in [0.25, 0.3) is 10.0 Å². The lowest BCUT2D eigenvalue weighted by atomic mass is 9.79. The lowest BCUT2D eigenvalue weighted by molar-refractivity contribution is -0.137. The first-order valence-corrected chi connectivity index (χ1v) is 12.6. The smallest absolute Gasteiger partial charge is 0.303 e. The van der Waals surface area contributed by atoms with Crippen molar-refractivity contribution in [2.45, 2.75) is 43.4 Å². The van der Waals surface area contributed by atoms with Crippen LogP contribution in [0.2, 0.25) is 0 Å². The van der Waals surface area contributed by atoms with Gasteiger partial charge in [0.1, 0.15) is 0 Å². The molecule has 1 N–H and O–H groups in total. The number of aliphatic carboxylic acids is 1. The van der Waals surface area contributed by atoms with Crippen molar-refractivity contribution in [2.24, 2.45) is 23.7 Å². The summed E-state index contributed by atoms with van der Waals surface area (Å²) >= 11 is 6.65. The van der Waals surface area contributed by atoms with Crippen LogP contribution in [0.4, 0.5) is 0 Å². The zero-order valence-corrected chi connectivity index (χ0v) is 19.5. The van der Waals surface area contributed by atoms with Crippen LogP contribution in [0.25, 0.3) is 0 Å². The van der Waals surface area contributed by atoms with E-state index in [0.29, 0.717) is 36.6 Å². The van der Waals surface area contributed by atoms with E-state index in [1.165, 1.54) is 9.75 Å². The molecule has 0 unspecified atom stereocenters. The van der Waals surface area contributed by atoms with Crippen molar-refractivity contribution in [3.05, 3.63) is 40.9 Å². The molecule has 0 amide bonds. The summed E-state index contributed by atoms with van der Waals surface area (Å²) < 4.78 is 28.0. The normalized spacial score (nSPS) is 27.1. The van der Waals surface area contributed by atoms with Gasteiger partial charge >= 0.3 is 5.97 Å². The van der Waals surface area contributed by atoms with E-state index in [-0.39, 0.29) is 11.3 Å². The Labute approximate surface area is 183 Å². The highest BCUT2D eigenvalue weighted by molar-refractivity contribution is 9.10. The van der Waals surface area contributed by atoms with Crippen molar-refractivity contribution in [2.75, 3.05) is 6.54 Å². The average molecular weight is 535 g/mol. The monoisotopic (exact) mass is 533 g/mol. The van der Waals surface area contributed by atoms with Crippen molar-refractivity contribution in [1.82, 2.24) is 3.33 Å². The van der Waals surface area contributed by atoms with E-state index < -0.39 is 16.0 Å². The number of allylic oxidation sites excluding steroid dienone is 2. The van der Waals surface area contributed by atoms with E-state index in [4.69, 9.17) is 5.11 Å². The summed E-state index contributed by atoms with van der Waals surface area (Å²) in [4.78, 5) is 10.9. The van der Waals surface area contributed by atoms with Gasteiger partial charge in [-0.1, -0.05) is 28.1 Å². The Morgan fingerprint density at radius 3 is 2.57 bits per heavy atom. The summed E-state index contributed by atoms with van der Waals surface area (Å²) in [6.07, 6.45) is 9.40. The topological polar surface area (TPSA) is 74.7 Å². The first-order chi connectivity index (χ1) is 13.3. The molecule has 5 nitrogen and oxygen atoms in total. The maximum atomic E-state index is 12.9. The number of halogens is 2. The fourth-order valence-electron chi connectivity index (χ4n) is 4.63. The molecule has 0 saturated heterocycles. The minimum Gasteiger partial charge on any atom is -0.481 e. The molecule has 1 aromatic carbocycles. The van der Waals surface area contributed by atoms with Gasteiger partial charge in [0.2, 0.25) is 0 Å². The zero-order valence-electron chi connectivity index (χ0n) is 15.5. The van der Waals surface area contributed by atoms with Crippen LogP contribution in [0.1, 0.15) is 38.5 Å². The van der Waals surface area contributed by atoms with Crippen molar-refractivity contribution in [3.63, 3.8) is 0 Å². The minimum atomic E-state index is -3.58. The Hall–Kier alpha value is -0.700. The van der Waals surface area contributed by atoms with Crippen molar-refractivity contribution in [1.29, 1.82) is 0 Å². The highest BCUT2D eigenvalue weighted by Gasteiger charge is 2.47. The minimum absolute atomic E-state index is 0.186. The first kappa shape index (κ1) is 22.0. The van der Waals surface area contributed by atoms with E-state index in [9.17, 15) is 13.2 Å². The second-order valence-electron chi connectivity index (χ2n) is 7.72. The van der Waals surface area contributed by atoms with Gasteiger partial charge in [-0.2, -0.15) is 0 Å². The van der Waals surface area contributed by atoms with Gasteiger partial charge in [-0.15, -0.1) is 3.33 Å². The molecule has 28 heavy (non-hydrogen) atoms. The van der Waals surface area contributed by atoms with E-state index in [0.717, 1.165) is 23.7 Å². The molecular weight excluding hydrogens is 510 g/mol. The van der Waals surface area contributed by atoms with Crippen LogP contribution in [-0.2, 0) is 14.8 Å². The molecule has 1 aromatic rings. The molecule has 0 heterocycles. The van der Waals surface area contributed by atoms with Gasteiger partial charge in [-0.25, -0.2) is 8.42 Å². The molecule has 0 aliphatic heterocycles. The largest absolute Gasteiger partial charge is 0.481 e. The molecule has 2 saturated carbocycles. The van der Waals surface area contributed by atoms with Gasteiger partial charge in [0.15, 0.2) is 0 Å². The second-order valence-corrected chi connectivity index (χ2v) is 11.8. The number of rotatable bonds is 9. The number of nitrogens with zero attached hydrogens (tertiary/aromatic N) is 1. The van der Waals surface area contributed by atoms with Crippen LogP contribution < -0.4 is 0 Å². The lowest BCUT2D eigenvalue weighted by Gasteiger charge is -2.31. The molecule has 2 aliphatic carbocycles. The standard InChI is InChI=1S/C20H25Br2NO4S/c21-16-8-10-17(11-9-16)28(26,27)23(22)13-19-15-7-6-14(12-15)18(19)4-2-1-3-5-20(24)25/h2,4,8-11,14-15,18-19H,1,3,5-7,12-13H2,(H,24,25)/b4-2-/t14-,15+,18+,19-/m1/s1. The number of fused-ring (bicyclic) bond motifs is 2. The number of carbonyl (C=O) groups is 1. The second kappa shape index (κ2) is 9.41. The van der Waals surface area contributed by atoms with Crippen LogP contribution in [0.3, 0.4) is 0 Å². The molecule has 0 radical (unpaired) electrons. The number of carboxylic acid groups (broad SMARTS) is 1. The molecule has 8 heteroatoms. The molecule has 2 fully saturated rings. The predicted octanol–water partition coefficient (Wildman–Crippen LogP) is 5.22. The van der Waals surface area contributed by atoms with E-state index >= 15 is 0 Å². The lowest BCUT2D eigenvalue weighted by Crippen LogP contribution is -2.33. The van der Waals surface area contributed by atoms with E-state index in [1.807, 2.05) is 0 Å². The highest BCUT2D eigenvalue weighted by Crippen LogP contribution is 2.53. The average Bonchev–Trinajstić information content (AvgIpc) is 3.24. The molecule has 154 valence electrons. The fraction of sp³-hybridized carbons (Fsp3) is 0.550. The number of hydrogen-bond acceptors (Lipinski definition) is 3. The fourth-order valence-corrected chi connectivity index (χ4v) is 6.81. The number of hydrogen-bond donors (Lipinski definition) is 1. The SMILES string of the molecule is O=C(O)CCC/C=C\[C@H]1[C@@H]2CC[C@@H](C2)[C@H]1CN(Br)S(=O)(=O)c1ccc(Br)cc1. The Bertz CT molecular complexity index is 825. The zero-order chi connectivity index (χ0) is 20.3. The third-order valence-electron chi connectivity index (χ3n) is 6.00. The van der Waals surface area contributed by atoms with Crippen molar-refractivity contribution < 1.29 is 18.3 Å². The number of carboxylic acids is 1. The molecule has 2 bridgehead atoms. The Morgan fingerprint density at radius 2 is 1.89 bits per heavy atom. The van der Waals surface area contributed by atoms with Crippen molar-refractivity contribution >= 4 is 48.1 Å². The Balaban J connectivity index is 1.66. The van der Waals surface area contributed by atoms with Crippen LogP contribution in [-0.4, -0.2) is 29.4 Å². The van der Waals surface area contributed by atoms with Gasteiger partial charge in [0.05, 0.1) is 4.90 Å². The van der Waals surface area contributed by atoms with Crippen LogP contribution in [0, 0.1) is 23.7 Å². The molecule has 0 spiro atoms. The Kier molecular flexibility index (Phi) is 7.39. The summed E-state index contributed by atoms with van der Waals surface area (Å²) in [6, 6.07) is 6.67. The van der Waals surface area contributed by atoms with Crippen LogP contribution in [0.5, 0.6) is 0 Å². The van der Waals surface area contributed by atoms with Crippen LogP contribution >= 0.6 is 32.1 Å². The third-order valence-corrected chi connectivity index (χ3v) is 9.50. The van der Waals surface area contributed by atoms with E-state index in [2.05, 4.69) is 44.2 Å². The Morgan fingerprint density at radius 1 is 1.21 bits per heavy atom. The maximum absolute atomic E-state index is 12.9.